The van der Waals surface area contributed by atoms with Crippen LogP contribution in [0.15, 0.2) is 35.1 Å². The standard InChI is InChI=1S/C19H22N4O3S/c1-3-16-21-12(2)10-17(24)23(16)8-9-26-14-6-4-13(5-7-14)11-15-18(25)22-19(20)27-15/h4-7,10,15H,3,8-9,11H2,1-2H3,(H2,20,22,25). The van der Waals surface area contributed by atoms with E-state index in [9.17, 15) is 9.59 Å². The molecule has 0 radical (unpaired) electrons. The van der Waals surface area contributed by atoms with Crippen molar-refractivity contribution in [1.82, 2.24) is 14.9 Å². The van der Waals surface area contributed by atoms with Crippen LogP contribution in [0, 0.1) is 12.3 Å². The van der Waals surface area contributed by atoms with E-state index in [1.54, 1.807) is 4.57 Å². The second-order valence-corrected chi connectivity index (χ2v) is 7.49. The van der Waals surface area contributed by atoms with Crippen LogP contribution in [0.5, 0.6) is 5.75 Å². The first-order chi connectivity index (χ1) is 13.0. The number of aromatic nitrogens is 2. The van der Waals surface area contributed by atoms with Gasteiger partial charge in [-0.3, -0.25) is 19.6 Å². The van der Waals surface area contributed by atoms with Crippen molar-refractivity contribution in [3.8, 4) is 5.75 Å². The third-order valence-corrected chi connectivity index (χ3v) is 5.25. The molecule has 1 amide bonds. The Bertz CT molecular complexity index is 908. The van der Waals surface area contributed by atoms with Crippen LogP contribution in [-0.2, 0) is 24.2 Å². The second kappa shape index (κ2) is 8.39. The summed E-state index contributed by atoms with van der Waals surface area (Å²) in [4.78, 5) is 28.2. The average Bonchev–Trinajstić information content (AvgIpc) is 2.95. The maximum absolute atomic E-state index is 12.1. The Hall–Kier alpha value is -2.61. The van der Waals surface area contributed by atoms with Crippen LogP contribution < -0.4 is 15.6 Å². The number of thioether (sulfide) groups is 1. The molecule has 1 unspecified atom stereocenters. The highest BCUT2D eigenvalue weighted by Crippen LogP contribution is 2.23. The zero-order valence-electron chi connectivity index (χ0n) is 15.3. The maximum atomic E-state index is 12.1. The molecule has 0 aliphatic carbocycles. The van der Waals surface area contributed by atoms with Gasteiger partial charge in [-0.1, -0.05) is 30.8 Å². The number of benzene rings is 1. The highest BCUT2D eigenvalue weighted by molar-refractivity contribution is 8.15. The molecule has 3 rings (SSSR count). The van der Waals surface area contributed by atoms with E-state index in [1.807, 2.05) is 38.1 Å². The Kier molecular flexibility index (Phi) is 5.95. The van der Waals surface area contributed by atoms with Gasteiger partial charge in [-0.15, -0.1) is 0 Å². The van der Waals surface area contributed by atoms with Crippen LogP contribution in [0.1, 0.15) is 24.0 Å². The fourth-order valence-electron chi connectivity index (χ4n) is 2.93. The van der Waals surface area contributed by atoms with Crippen LogP contribution in [0.3, 0.4) is 0 Å². The summed E-state index contributed by atoms with van der Waals surface area (Å²) in [5.41, 5.74) is 1.68. The highest BCUT2D eigenvalue weighted by atomic mass is 32.2. The van der Waals surface area contributed by atoms with E-state index >= 15 is 0 Å². The molecule has 1 aromatic carbocycles. The molecular weight excluding hydrogens is 364 g/mol. The third-order valence-electron chi connectivity index (χ3n) is 4.25. The van der Waals surface area contributed by atoms with Crippen molar-refractivity contribution in [3.05, 3.63) is 57.8 Å². The lowest BCUT2D eigenvalue weighted by Gasteiger charge is -2.13. The van der Waals surface area contributed by atoms with Crippen LogP contribution >= 0.6 is 11.8 Å². The number of nitrogens with zero attached hydrogens (tertiary/aromatic N) is 2. The predicted octanol–water partition coefficient (Wildman–Crippen LogP) is 1.90. The molecule has 2 N–H and O–H groups in total. The number of amidine groups is 1. The lowest BCUT2D eigenvalue weighted by atomic mass is 10.1. The molecule has 1 aromatic heterocycles. The number of nitrogens with one attached hydrogen (secondary N) is 2. The monoisotopic (exact) mass is 386 g/mol. The predicted molar refractivity (Wildman–Crippen MR) is 106 cm³/mol. The minimum atomic E-state index is -0.252. The lowest BCUT2D eigenvalue weighted by Crippen LogP contribution is -2.27. The Morgan fingerprint density at radius 3 is 2.67 bits per heavy atom. The first-order valence-electron chi connectivity index (χ1n) is 8.81. The van der Waals surface area contributed by atoms with E-state index < -0.39 is 0 Å². The molecule has 2 heterocycles. The Labute approximate surface area is 161 Å². The van der Waals surface area contributed by atoms with Gasteiger partial charge in [0.2, 0.25) is 5.91 Å². The molecule has 8 heteroatoms. The molecule has 142 valence electrons. The van der Waals surface area contributed by atoms with Crippen LogP contribution in [0.25, 0.3) is 0 Å². The van der Waals surface area contributed by atoms with E-state index in [2.05, 4.69) is 10.3 Å². The van der Waals surface area contributed by atoms with Crippen LogP contribution in [0.4, 0.5) is 0 Å². The molecule has 27 heavy (non-hydrogen) atoms. The summed E-state index contributed by atoms with van der Waals surface area (Å²) in [5.74, 6) is 1.35. The quantitative estimate of drug-likeness (QED) is 0.758. The molecular formula is C19H22N4O3S. The van der Waals surface area contributed by atoms with Gasteiger partial charge < -0.3 is 10.1 Å². The molecule has 0 saturated carbocycles. The minimum absolute atomic E-state index is 0.0591. The second-order valence-electron chi connectivity index (χ2n) is 6.28. The molecule has 0 bridgehead atoms. The van der Waals surface area contributed by atoms with E-state index in [0.717, 1.165) is 17.1 Å². The van der Waals surface area contributed by atoms with Crippen molar-refractivity contribution in [3.63, 3.8) is 0 Å². The molecule has 1 saturated heterocycles. The molecule has 1 atom stereocenters. The third kappa shape index (κ3) is 4.77. The topological polar surface area (TPSA) is 97.1 Å². The molecule has 1 fully saturated rings. The Morgan fingerprint density at radius 2 is 2.04 bits per heavy atom. The number of rotatable bonds is 7. The largest absolute Gasteiger partial charge is 0.492 e. The normalized spacial score (nSPS) is 16.4. The molecule has 7 nitrogen and oxygen atoms in total. The van der Waals surface area contributed by atoms with Gasteiger partial charge in [0.25, 0.3) is 5.56 Å². The number of amides is 1. The fourth-order valence-corrected chi connectivity index (χ4v) is 3.82. The van der Waals surface area contributed by atoms with Crippen LogP contribution in [0.2, 0.25) is 0 Å². The number of hydrogen-bond acceptors (Lipinski definition) is 6. The van der Waals surface area contributed by atoms with Gasteiger partial charge in [0.1, 0.15) is 18.2 Å². The van der Waals surface area contributed by atoms with Gasteiger partial charge in [-0.05, 0) is 31.0 Å². The van der Waals surface area contributed by atoms with E-state index in [1.165, 1.54) is 17.8 Å². The number of carbonyl (C=O) groups is 1. The van der Waals surface area contributed by atoms with Crippen molar-refractivity contribution < 1.29 is 9.53 Å². The Balaban J connectivity index is 1.56. The maximum Gasteiger partial charge on any atom is 0.253 e. The summed E-state index contributed by atoms with van der Waals surface area (Å²) in [5, 5.41) is 9.96. The van der Waals surface area contributed by atoms with Gasteiger partial charge >= 0.3 is 0 Å². The van der Waals surface area contributed by atoms with Gasteiger partial charge in [0.05, 0.1) is 11.8 Å². The van der Waals surface area contributed by atoms with Gasteiger partial charge in [-0.2, -0.15) is 0 Å². The van der Waals surface area contributed by atoms with Gasteiger partial charge in [0.15, 0.2) is 5.17 Å². The average molecular weight is 386 g/mol. The SMILES string of the molecule is CCc1nc(C)cc(=O)n1CCOc1ccc(CC2SC(=N)NC2=O)cc1. The van der Waals surface area contributed by atoms with Crippen molar-refractivity contribution in [1.29, 1.82) is 5.41 Å². The summed E-state index contributed by atoms with van der Waals surface area (Å²) in [7, 11) is 0. The van der Waals surface area contributed by atoms with Crippen molar-refractivity contribution in [2.24, 2.45) is 0 Å². The lowest BCUT2D eigenvalue weighted by molar-refractivity contribution is -0.118. The number of ether oxygens (including phenoxy) is 1. The summed E-state index contributed by atoms with van der Waals surface area (Å²) >= 11 is 1.24. The molecule has 1 aliphatic heterocycles. The minimum Gasteiger partial charge on any atom is -0.492 e. The number of hydrogen-bond donors (Lipinski definition) is 2. The molecule has 0 spiro atoms. The molecule has 1 aliphatic rings. The van der Waals surface area contributed by atoms with E-state index in [4.69, 9.17) is 10.1 Å². The first-order valence-corrected chi connectivity index (χ1v) is 9.69. The van der Waals surface area contributed by atoms with Crippen molar-refractivity contribution >= 4 is 22.8 Å². The highest BCUT2D eigenvalue weighted by Gasteiger charge is 2.29. The van der Waals surface area contributed by atoms with Crippen molar-refractivity contribution in [2.45, 2.75) is 38.5 Å². The van der Waals surface area contributed by atoms with Gasteiger partial charge in [-0.25, -0.2) is 4.98 Å². The van der Waals surface area contributed by atoms with Crippen LogP contribution in [-0.4, -0.2) is 32.5 Å². The van der Waals surface area contributed by atoms with E-state index in [0.29, 0.717) is 31.7 Å². The zero-order valence-corrected chi connectivity index (χ0v) is 16.1. The summed E-state index contributed by atoms with van der Waals surface area (Å²) < 4.78 is 7.40. The molecule has 2 aromatic rings. The first kappa shape index (κ1) is 19.2. The zero-order chi connectivity index (χ0) is 19.4. The van der Waals surface area contributed by atoms with Gasteiger partial charge in [0, 0.05) is 18.2 Å². The summed E-state index contributed by atoms with van der Waals surface area (Å²) in [6.45, 7) is 4.61. The Morgan fingerprint density at radius 1 is 1.30 bits per heavy atom. The van der Waals surface area contributed by atoms with Crippen molar-refractivity contribution in [2.75, 3.05) is 6.61 Å². The summed E-state index contributed by atoms with van der Waals surface area (Å²) in [6.07, 6.45) is 1.26. The fraction of sp³-hybridized carbons (Fsp3) is 0.368. The summed E-state index contributed by atoms with van der Waals surface area (Å²) in [6, 6.07) is 9.08. The number of aryl methyl sites for hydroxylation is 2. The number of carbonyl (C=O) groups excluding carboxylic acids is 1. The smallest absolute Gasteiger partial charge is 0.253 e. The van der Waals surface area contributed by atoms with E-state index in [-0.39, 0.29) is 21.9 Å².